The number of phenolic OH excluding ortho intramolecular Hbond substituents is 1. The zero-order valence-corrected chi connectivity index (χ0v) is 21.9. The number of rotatable bonds is 4. The maximum absolute atomic E-state index is 11.3. The summed E-state index contributed by atoms with van der Waals surface area (Å²) < 4.78 is 6.60. The van der Waals surface area contributed by atoms with Gasteiger partial charge in [-0.25, -0.2) is 0 Å². The molecule has 0 aliphatic carbocycles. The summed E-state index contributed by atoms with van der Waals surface area (Å²) in [6.07, 6.45) is 0.764. The maximum atomic E-state index is 11.3. The molecule has 0 fully saturated rings. The minimum Gasteiger partial charge on any atom is -0.507 e. The van der Waals surface area contributed by atoms with E-state index in [1.54, 1.807) is 0 Å². The Bertz CT molecular complexity index is 1130. The largest absolute Gasteiger partial charge is 0.507 e. The molecule has 1 atom stereocenters. The Labute approximate surface area is 196 Å². The van der Waals surface area contributed by atoms with Gasteiger partial charge in [-0.2, -0.15) is 0 Å². The van der Waals surface area contributed by atoms with E-state index in [0.717, 1.165) is 45.5 Å². The molecule has 3 heteroatoms. The minimum atomic E-state index is -0.164. The molecule has 0 aromatic heterocycles. The lowest BCUT2D eigenvalue weighted by Crippen LogP contribution is -2.12. The first-order valence-electron chi connectivity index (χ1n) is 11.3. The zero-order valence-electron chi connectivity index (χ0n) is 20.8. The highest BCUT2D eigenvalue weighted by Crippen LogP contribution is 2.45. The van der Waals surface area contributed by atoms with Gasteiger partial charge in [-0.1, -0.05) is 71.9 Å². The summed E-state index contributed by atoms with van der Waals surface area (Å²) in [7, 11) is 2.80. The zero-order chi connectivity index (χ0) is 23.8. The van der Waals surface area contributed by atoms with Crippen molar-refractivity contribution in [1.29, 1.82) is 0 Å². The molecule has 2 nitrogen and oxygen atoms in total. The maximum Gasteiger partial charge on any atom is 0.138 e. The van der Waals surface area contributed by atoms with Crippen molar-refractivity contribution in [1.82, 2.24) is 0 Å². The Hall–Kier alpha value is -2.31. The summed E-state index contributed by atoms with van der Waals surface area (Å²) >= 11 is 0. The number of hydrogen-bond acceptors (Lipinski definition) is 2. The van der Waals surface area contributed by atoms with Crippen LogP contribution in [0.15, 0.2) is 48.5 Å². The molecule has 3 aromatic carbocycles. The van der Waals surface area contributed by atoms with Crippen molar-refractivity contribution in [2.45, 2.75) is 72.4 Å². The fourth-order valence-electron chi connectivity index (χ4n) is 3.99. The Morgan fingerprint density at radius 1 is 0.812 bits per heavy atom. The molecule has 0 heterocycles. The van der Waals surface area contributed by atoms with Crippen LogP contribution in [0, 0.1) is 13.8 Å². The fourth-order valence-corrected chi connectivity index (χ4v) is 4.31. The molecule has 3 aromatic rings. The first-order valence-corrected chi connectivity index (χ1v) is 12.1. The molecule has 0 saturated carbocycles. The van der Waals surface area contributed by atoms with Crippen LogP contribution in [0.25, 0.3) is 11.1 Å². The van der Waals surface area contributed by atoms with Gasteiger partial charge in [-0.3, -0.25) is 0 Å². The summed E-state index contributed by atoms with van der Waals surface area (Å²) in [6, 6.07) is 16.7. The summed E-state index contributed by atoms with van der Waals surface area (Å²) in [5, 5.41) is 11.3. The van der Waals surface area contributed by atoms with Gasteiger partial charge in [0.1, 0.15) is 17.2 Å². The van der Waals surface area contributed by atoms with E-state index in [2.05, 4.69) is 101 Å². The second kappa shape index (κ2) is 8.91. The van der Waals surface area contributed by atoms with E-state index in [1.165, 1.54) is 11.1 Å². The standard InChI is InChI=1S/C29H37O2P/c1-18-12-21(28(3,4)5)16-22(13-18)31-27-20(17-32)10-9-11-23(27)24-14-19(2)15-25(26(24)30)29(6,7)8/h9-16,30H,17,32H2,1-8H3. The molecule has 0 bridgehead atoms. The molecular formula is C29H37O2P. The predicted molar refractivity (Wildman–Crippen MR) is 140 cm³/mol. The SMILES string of the molecule is Cc1cc(Oc2c(CP)cccc2-c2cc(C)cc(C(C)(C)C)c2O)cc(C(C)(C)C)c1. The van der Waals surface area contributed by atoms with Crippen LogP contribution in [0.4, 0.5) is 0 Å². The van der Waals surface area contributed by atoms with Gasteiger partial charge in [-0.05, 0) is 71.3 Å². The third-order valence-corrected chi connectivity index (χ3v) is 6.25. The van der Waals surface area contributed by atoms with Crippen LogP contribution in [0.2, 0.25) is 0 Å². The van der Waals surface area contributed by atoms with Crippen LogP contribution in [0.3, 0.4) is 0 Å². The van der Waals surface area contributed by atoms with Gasteiger partial charge < -0.3 is 9.84 Å². The van der Waals surface area contributed by atoms with E-state index in [1.807, 2.05) is 12.1 Å². The second-order valence-corrected chi connectivity index (χ2v) is 11.3. The van der Waals surface area contributed by atoms with E-state index in [4.69, 9.17) is 4.74 Å². The topological polar surface area (TPSA) is 29.5 Å². The predicted octanol–water partition coefficient (Wildman–Crippen LogP) is 8.44. The van der Waals surface area contributed by atoms with Crippen molar-refractivity contribution in [3.63, 3.8) is 0 Å². The van der Waals surface area contributed by atoms with E-state index in [9.17, 15) is 5.11 Å². The van der Waals surface area contributed by atoms with Gasteiger partial charge in [0.25, 0.3) is 0 Å². The van der Waals surface area contributed by atoms with Gasteiger partial charge in [0.15, 0.2) is 0 Å². The number of para-hydroxylation sites is 1. The molecule has 0 spiro atoms. The van der Waals surface area contributed by atoms with Crippen LogP contribution >= 0.6 is 9.24 Å². The van der Waals surface area contributed by atoms with Crippen LogP contribution < -0.4 is 4.74 Å². The Kier molecular flexibility index (Phi) is 6.78. The van der Waals surface area contributed by atoms with Crippen LogP contribution in [-0.4, -0.2) is 5.11 Å². The van der Waals surface area contributed by atoms with Crippen molar-refractivity contribution in [2.75, 3.05) is 0 Å². The number of ether oxygens (including phenoxy) is 1. The highest BCUT2D eigenvalue weighted by molar-refractivity contribution is 7.15. The van der Waals surface area contributed by atoms with E-state index >= 15 is 0 Å². The molecule has 1 unspecified atom stereocenters. The highest BCUT2D eigenvalue weighted by atomic mass is 31.0. The Balaban J connectivity index is 2.22. The minimum absolute atomic E-state index is 0.0313. The lowest BCUT2D eigenvalue weighted by molar-refractivity contribution is 0.446. The molecule has 0 aliphatic rings. The summed E-state index contributed by atoms with van der Waals surface area (Å²) in [5.41, 5.74) is 7.16. The lowest BCUT2D eigenvalue weighted by Gasteiger charge is -2.24. The Morgan fingerprint density at radius 3 is 2.06 bits per heavy atom. The summed E-state index contributed by atoms with van der Waals surface area (Å²) in [4.78, 5) is 0. The first kappa shape index (κ1) is 24.3. The molecular weight excluding hydrogens is 411 g/mol. The number of aryl methyl sites for hydroxylation is 2. The van der Waals surface area contributed by atoms with Gasteiger partial charge >= 0.3 is 0 Å². The number of benzene rings is 3. The number of aromatic hydroxyl groups is 1. The van der Waals surface area contributed by atoms with E-state index in [-0.39, 0.29) is 10.8 Å². The normalized spacial score (nSPS) is 12.2. The lowest BCUT2D eigenvalue weighted by atomic mass is 9.83. The molecule has 0 amide bonds. The summed E-state index contributed by atoms with van der Waals surface area (Å²) in [6.45, 7) is 17.2. The molecule has 170 valence electrons. The van der Waals surface area contributed by atoms with Crippen molar-refractivity contribution in [2.24, 2.45) is 0 Å². The second-order valence-electron chi connectivity index (χ2n) is 10.8. The molecule has 1 N–H and O–H groups in total. The monoisotopic (exact) mass is 448 g/mol. The van der Waals surface area contributed by atoms with Crippen molar-refractivity contribution in [3.8, 4) is 28.4 Å². The first-order chi connectivity index (χ1) is 14.8. The average Bonchev–Trinajstić information content (AvgIpc) is 2.68. The van der Waals surface area contributed by atoms with Crippen molar-refractivity contribution < 1.29 is 9.84 Å². The quantitative estimate of drug-likeness (QED) is 0.406. The fraction of sp³-hybridized carbons (Fsp3) is 0.379. The number of phenols is 1. The van der Waals surface area contributed by atoms with E-state index < -0.39 is 0 Å². The number of hydrogen-bond donors (Lipinski definition) is 1. The molecule has 0 saturated heterocycles. The van der Waals surface area contributed by atoms with Crippen LogP contribution in [0.1, 0.15) is 69.4 Å². The van der Waals surface area contributed by atoms with Gasteiger partial charge in [0.2, 0.25) is 0 Å². The summed E-state index contributed by atoms with van der Waals surface area (Å²) in [5.74, 6) is 1.95. The van der Waals surface area contributed by atoms with E-state index in [0.29, 0.717) is 5.75 Å². The molecule has 0 aliphatic heterocycles. The highest BCUT2D eigenvalue weighted by Gasteiger charge is 2.24. The Morgan fingerprint density at radius 2 is 1.47 bits per heavy atom. The van der Waals surface area contributed by atoms with Crippen molar-refractivity contribution >= 4 is 9.24 Å². The average molecular weight is 449 g/mol. The molecule has 32 heavy (non-hydrogen) atoms. The van der Waals surface area contributed by atoms with Gasteiger partial charge in [0, 0.05) is 16.7 Å². The van der Waals surface area contributed by atoms with Crippen molar-refractivity contribution in [3.05, 3.63) is 76.3 Å². The van der Waals surface area contributed by atoms with Gasteiger partial charge in [-0.15, -0.1) is 9.24 Å². The molecule has 3 rings (SSSR count). The van der Waals surface area contributed by atoms with Crippen LogP contribution in [0.5, 0.6) is 17.2 Å². The molecule has 0 radical (unpaired) electrons. The van der Waals surface area contributed by atoms with Gasteiger partial charge in [0.05, 0.1) is 0 Å². The smallest absolute Gasteiger partial charge is 0.138 e. The van der Waals surface area contributed by atoms with Crippen LogP contribution in [-0.2, 0) is 17.0 Å². The third-order valence-electron chi connectivity index (χ3n) is 5.81. The third kappa shape index (κ3) is 5.18.